The van der Waals surface area contributed by atoms with Crippen molar-refractivity contribution in [2.24, 2.45) is 0 Å². The van der Waals surface area contributed by atoms with Crippen LogP contribution in [0.4, 0.5) is 4.39 Å². The number of hydrogen-bond donors (Lipinski definition) is 0. The van der Waals surface area contributed by atoms with E-state index in [1.54, 1.807) is 24.0 Å². The minimum Gasteiger partial charge on any atom is -0.467 e. The molecule has 0 spiro atoms. The van der Waals surface area contributed by atoms with Crippen LogP contribution in [0.1, 0.15) is 26.5 Å². The van der Waals surface area contributed by atoms with Crippen molar-refractivity contribution < 1.29 is 18.7 Å². The zero-order chi connectivity index (χ0) is 20.5. The number of carbonyl (C=O) groups excluding carboxylic acids is 2. The quantitative estimate of drug-likeness (QED) is 0.613. The molecule has 148 valence electrons. The monoisotopic (exact) mass is 410 g/mol. The molecule has 0 radical (unpaired) electrons. The maximum absolute atomic E-state index is 13.4. The van der Waals surface area contributed by atoms with Crippen molar-refractivity contribution in [1.82, 2.24) is 9.88 Å². The van der Waals surface area contributed by atoms with E-state index in [1.165, 1.54) is 30.6 Å². The van der Waals surface area contributed by atoms with Crippen LogP contribution in [0.15, 0.2) is 48.5 Å². The van der Waals surface area contributed by atoms with Crippen molar-refractivity contribution in [1.29, 1.82) is 0 Å². The van der Waals surface area contributed by atoms with Crippen molar-refractivity contribution in [3.8, 4) is 10.6 Å². The smallest absolute Gasteiger partial charge is 0.328 e. The topological polar surface area (TPSA) is 59.5 Å². The van der Waals surface area contributed by atoms with Crippen molar-refractivity contribution in [3.05, 3.63) is 76.0 Å². The molecule has 7 heteroatoms. The summed E-state index contributed by atoms with van der Waals surface area (Å²) in [5.41, 5.74) is 3.38. The first-order valence-electron chi connectivity index (χ1n) is 9.17. The standard InChI is InChI=1S/C22H19FN2O3S/c1-13-19(29-20(24-13)14-7-9-17(23)10-8-14)21(26)25-12-16-6-4-3-5-15(16)11-18(25)22(27)28-2/h3-10,18H,11-12H2,1-2H3. The van der Waals surface area contributed by atoms with Crippen LogP contribution in [0.3, 0.4) is 0 Å². The van der Waals surface area contributed by atoms with E-state index in [-0.39, 0.29) is 11.7 Å². The van der Waals surface area contributed by atoms with Gasteiger partial charge in [-0.25, -0.2) is 14.2 Å². The molecule has 29 heavy (non-hydrogen) atoms. The Kier molecular flexibility index (Phi) is 5.15. The number of carbonyl (C=O) groups is 2. The van der Waals surface area contributed by atoms with Crippen LogP contribution in [0.25, 0.3) is 10.6 Å². The number of amides is 1. The summed E-state index contributed by atoms with van der Waals surface area (Å²) in [6, 6.07) is 13.1. The average molecular weight is 410 g/mol. The molecule has 2 heterocycles. The van der Waals surface area contributed by atoms with E-state index in [9.17, 15) is 14.0 Å². The maximum atomic E-state index is 13.4. The number of nitrogens with zero attached hydrogens (tertiary/aromatic N) is 2. The molecule has 0 fully saturated rings. The maximum Gasteiger partial charge on any atom is 0.328 e. The highest BCUT2D eigenvalue weighted by Crippen LogP contribution is 2.32. The summed E-state index contributed by atoms with van der Waals surface area (Å²) in [5.74, 6) is -1.02. The Balaban J connectivity index is 1.69. The number of hydrogen-bond acceptors (Lipinski definition) is 5. The van der Waals surface area contributed by atoms with Gasteiger partial charge in [0, 0.05) is 18.5 Å². The van der Waals surface area contributed by atoms with Crippen molar-refractivity contribution in [2.75, 3.05) is 7.11 Å². The van der Waals surface area contributed by atoms with Crippen LogP contribution >= 0.6 is 11.3 Å². The summed E-state index contributed by atoms with van der Waals surface area (Å²) < 4.78 is 18.2. The Bertz CT molecular complexity index is 1080. The molecule has 1 atom stereocenters. The normalized spacial score (nSPS) is 15.7. The highest BCUT2D eigenvalue weighted by atomic mass is 32.1. The minimum absolute atomic E-state index is 0.252. The summed E-state index contributed by atoms with van der Waals surface area (Å²) in [4.78, 5) is 32.3. The van der Waals surface area contributed by atoms with Crippen molar-refractivity contribution in [2.45, 2.75) is 25.9 Å². The number of ether oxygens (including phenoxy) is 1. The van der Waals surface area contributed by atoms with Gasteiger partial charge >= 0.3 is 5.97 Å². The number of aryl methyl sites for hydroxylation is 1. The third kappa shape index (κ3) is 3.65. The Morgan fingerprint density at radius 2 is 1.83 bits per heavy atom. The van der Waals surface area contributed by atoms with Gasteiger partial charge in [0.05, 0.1) is 12.8 Å². The van der Waals surface area contributed by atoms with Gasteiger partial charge in [-0.15, -0.1) is 11.3 Å². The fourth-order valence-corrected chi connectivity index (χ4v) is 4.55. The molecule has 0 saturated heterocycles. The number of benzene rings is 2. The van der Waals surface area contributed by atoms with E-state index >= 15 is 0 Å². The second-order valence-electron chi connectivity index (χ2n) is 6.89. The van der Waals surface area contributed by atoms with Gasteiger partial charge in [0.25, 0.3) is 5.91 Å². The van der Waals surface area contributed by atoms with Gasteiger partial charge in [-0.05, 0) is 42.3 Å². The van der Waals surface area contributed by atoms with Crippen LogP contribution in [0, 0.1) is 12.7 Å². The molecule has 1 amide bonds. The Morgan fingerprint density at radius 1 is 1.14 bits per heavy atom. The SMILES string of the molecule is COC(=O)C1Cc2ccccc2CN1C(=O)c1sc(-c2ccc(F)cc2)nc1C. The van der Waals surface area contributed by atoms with Gasteiger partial charge in [-0.3, -0.25) is 4.79 Å². The molecule has 1 aromatic heterocycles. The first kappa shape index (κ1) is 19.3. The summed E-state index contributed by atoms with van der Waals surface area (Å²) in [6.07, 6.45) is 0.414. The molecule has 1 unspecified atom stereocenters. The lowest BCUT2D eigenvalue weighted by atomic mass is 9.93. The zero-order valence-corrected chi connectivity index (χ0v) is 16.8. The number of esters is 1. The molecule has 4 rings (SSSR count). The zero-order valence-electron chi connectivity index (χ0n) is 16.0. The van der Waals surface area contributed by atoms with E-state index in [0.29, 0.717) is 28.5 Å². The molecule has 0 saturated carbocycles. The van der Waals surface area contributed by atoms with Gasteiger partial charge in [0.1, 0.15) is 21.7 Å². The Labute approximate surface area is 171 Å². The van der Waals surface area contributed by atoms with E-state index < -0.39 is 12.0 Å². The minimum atomic E-state index is -0.682. The molecular formula is C22H19FN2O3S. The summed E-state index contributed by atoms with van der Waals surface area (Å²) in [7, 11) is 1.33. The van der Waals surface area contributed by atoms with Gasteiger partial charge in [-0.2, -0.15) is 0 Å². The molecule has 1 aliphatic rings. The van der Waals surface area contributed by atoms with Gasteiger partial charge < -0.3 is 9.64 Å². The molecule has 1 aliphatic heterocycles. The molecule has 3 aromatic rings. The molecule has 0 N–H and O–H groups in total. The number of methoxy groups -OCH3 is 1. The Hall–Kier alpha value is -3.06. The fraction of sp³-hybridized carbons (Fsp3) is 0.227. The lowest BCUT2D eigenvalue weighted by molar-refractivity contribution is -0.146. The summed E-state index contributed by atoms with van der Waals surface area (Å²) in [6.45, 7) is 2.10. The first-order valence-corrected chi connectivity index (χ1v) is 9.98. The highest BCUT2D eigenvalue weighted by Gasteiger charge is 2.37. The van der Waals surface area contributed by atoms with Gasteiger partial charge in [-0.1, -0.05) is 24.3 Å². The van der Waals surface area contributed by atoms with E-state index in [0.717, 1.165) is 16.7 Å². The second kappa shape index (κ2) is 7.75. The van der Waals surface area contributed by atoms with Gasteiger partial charge in [0.2, 0.25) is 0 Å². The molecule has 5 nitrogen and oxygen atoms in total. The van der Waals surface area contributed by atoms with Crippen LogP contribution in [0.5, 0.6) is 0 Å². The average Bonchev–Trinajstić information content (AvgIpc) is 3.13. The summed E-state index contributed by atoms with van der Waals surface area (Å²) in [5, 5.41) is 0.637. The molecule has 0 bridgehead atoms. The molecular weight excluding hydrogens is 391 g/mol. The highest BCUT2D eigenvalue weighted by molar-refractivity contribution is 7.17. The van der Waals surface area contributed by atoms with Crippen LogP contribution in [-0.2, 0) is 22.5 Å². The number of halogens is 1. The number of rotatable bonds is 3. The van der Waals surface area contributed by atoms with E-state index in [2.05, 4.69) is 4.98 Å². The lowest BCUT2D eigenvalue weighted by Crippen LogP contribution is -2.49. The van der Waals surface area contributed by atoms with Crippen LogP contribution in [-0.4, -0.2) is 34.9 Å². The number of fused-ring (bicyclic) bond motifs is 1. The number of aromatic nitrogens is 1. The van der Waals surface area contributed by atoms with E-state index in [1.807, 2.05) is 24.3 Å². The lowest BCUT2D eigenvalue weighted by Gasteiger charge is -2.35. The predicted molar refractivity (Wildman–Crippen MR) is 108 cm³/mol. The predicted octanol–water partition coefficient (Wildman–Crippen LogP) is 4.00. The van der Waals surface area contributed by atoms with E-state index in [4.69, 9.17) is 4.74 Å². The number of thiazole rings is 1. The largest absolute Gasteiger partial charge is 0.467 e. The first-order chi connectivity index (χ1) is 14.0. The Morgan fingerprint density at radius 3 is 2.52 bits per heavy atom. The van der Waals surface area contributed by atoms with Crippen LogP contribution in [0.2, 0.25) is 0 Å². The molecule has 2 aromatic carbocycles. The second-order valence-corrected chi connectivity index (χ2v) is 7.88. The summed E-state index contributed by atoms with van der Waals surface area (Å²) >= 11 is 1.25. The van der Waals surface area contributed by atoms with Crippen molar-refractivity contribution >= 4 is 23.2 Å². The van der Waals surface area contributed by atoms with Crippen molar-refractivity contribution in [3.63, 3.8) is 0 Å². The third-order valence-corrected chi connectivity index (χ3v) is 6.26. The third-order valence-electron chi connectivity index (χ3n) is 5.06. The fourth-order valence-electron chi connectivity index (χ4n) is 3.52. The van der Waals surface area contributed by atoms with Gasteiger partial charge in [0.15, 0.2) is 0 Å². The molecule has 0 aliphatic carbocycles. The van der Waals surface area contributed by atoms with Crippen LogP contribution < -0.4 is 0 Å².